The van der Waals surface area contributed by atoms with E-state index in [4.69, 9.17) is 0 Å². The minimum Gasteiger partial charge on any atom is -0.392 e. The Hall–Kier alpha value is -1.46. The fourth-order valence-electron chi connectivity index (χ4n) is 2.75. The molecule has 5 heteroatoms. The Bertz CT molecular complexity index is 528. The molecule has 1 aliphatic heterocycles. The van der Waals surface area contributed by atoms with Crippen molar-refractivity contribution in [3.05, 3.63) is 35.6 Å². The second-order valence-corrected chi connectivity index (χ2v) is 6.96. The first-order valence-corrected chi connectivity index (χ1v) is 7.71. The van der Waals surface area contributed by atoms with Crippen LogP contribution in [0.3, 0.4) is 0 Å². The number of carbonyl (C=O) groups excluding carboxylic acids is 1. The molecule has 2 rings (SSSR count). The maximum atomic E-state index is 13.3. The van der Waals surface area contributed by atoms with E-state index in [1.165, 1.54) is 12.1 Å². The Morgan fingerprint density at radius 2 is 2.18 bits per heavy atom. The molecule has 0 aliphatic carbocycles. The normalized spacial score (nSPS) is 19.4. The third kappa shape index (κ3) is 4.52. The van der Waals surface area contributed by atoms with Crippen LogP contribution in [-0.2, 0) is 11.3 Å². The number of β-amino-alcohol motifs (C(OH)–C–C–N with tert-alkyl or cyclic N) is 1. The Labute approximate surface area is 131 Å². The summed E-state index contributed by atoms with van der Waals surface area (Å²) in [6.07, 6.45) is 0.381. The topological polar surface area (TPSA) is 43.8 Å². The zero-order valence-electron chi connectivity index (χ0n) is 13.6. The van der Waals surface area contributed by atoms with Gasteiger partial charge in [-0.05, 0) is 44.9 Å². The minimum atomic E-state index is -0.345. The van der Waals surface area contributed by atoms with Crippen LogP contribution in [0.1, 0.15) is 32.8 Å². The van der Waals surface area contributed by atoms with Crippen molar-refractivity contribution in [2.45, 2.75) is 45.4 Å². The fourth-order valence-corrected chi connectivity index (χ4v) is 2.75. The van der Waals surface area contributed by atoms with E-state index >= 15 is 0 Å². The van der Waals surface area contributed by atoms with Gasteiger partial charge < -0.3 is 10.0 Å². The summed E-state index contributed by atoms with van der Waals surface area (Å²) in [6.45, 7) is 7.89. The number of aliphatic hydroxyl groups is 1. The average molecular weight is 308 g/mol. The Morgan fingerprint density at radius 3 is 2.73 bits per heavy atom. The Balaban J connectivity index is 2.07. The van der Waals surface area contributed by atoms with E-state index in [-0.39, 0.29) is 23.4 Å². The maximum Gasteiger partial charge on any atom is 0.237 e. The van der Waals surface area contributed by atoms with Gasteiger partial charge in [0.1, 0.15) is 5.82 Å². The third-order valence-corrected chi connectivity index (χ3v) is 3.95. The lowest BCUT2D eigenvalue weighted by Gasteiger charge is -2.37. The van der Waals surface area contributed by atoms with Crippen LogP contribution >= 0.6 is 0 Å². The molecule has 0 unspecified atom stereocenters. The lowest BCUT2D eigenvalue weighted by Crippen LogP contribution is -2.49. The van der Waals surface area contributed by atoms with Crippen LogP contribution in [0.15, 0.2) is 24.3 Å². The summed E-state index contributed by atoms with van der Waals surface area (Å²) < 4.78 is 13.3. The van der Waals surface area contributed by atoms with Gasteiger partial charge in [0.25, 0.3) is 0 Å². The predicted octanol–water partition coefficient (Wildman–Crippen LogP) is 2.02. The molecule has 1 N–H and O–H groups in total. The molecule has 1 amide bonds. The predicted molar refractivity (Wildman–Crippen MR) is 83.8 cm³/mol. The number of hydrogen-bond acceptors (Lipinski definition) is 3. The number of halogens is 1. The molecule has 1 aliphatic rings. The number of amides is 1. The van der Waals surface area contributed by atoms with Crippen LogP contribution in [0.2, 0.25) is 0 Å². The van der Waals surface area contributed by atoms with Crippen molar-refractivity contribution in [3.8, 4) is 0 Å². The van der Waals surface area contributed by atoms with Gasteiger partial charge in [0.15, 0.2) is 0 Å². The van der Waals surface area contributed by atoms with Gasteiger partial charge in [-0.3, -0.25) is 9.69 Å². The van der Waals surface area contributed by atoms with Crippen LogP contribution < -0.4 is 0 Å². The van der Waals surface area contributed by atoms with E-state index in [1.807, 2.05) is 31.7 Å². The van der Waals surface area contributed by atoms with Crippen molar-refractivity contribution in [3.63, 3.8) is 0 Å². The molecule has 22 heavy (non-hydrogen) atoms. The van der Waals surface area contributed by atoms with Gasteiger partial charge in [0, 0.05) is 25.2 Å². The second kappa shape index (κ2) is 6.75. The fraction of sp³-hybridized carbons (Fsp3) is 0.588. The van der Waals surface area contributed by atoms with Gasteiger partial charge in [-0.25, -0.2) is 4.39 Å². The first kappa shape index (κ1) is 16.9. The van der Waals surface area contributed by atoms with Crippen molar-refractivity contribution in [2.75, 3.05) is 19.6 Å². The first-order valence-electron chi connectivity index (χ1n) is 7.71. The average Bonchev–Trinajstić information content (AvgIpc) is 2.80. The van der Waals surface area contributed by atoms with Crippen molar-refractivity contribution < 1.29 is 14.3 Å². The van der Waals surface area contributed by atoms with E-state index in [2.05, 4.69) is 0 Å². The summed E-state index contributed by atoms with van der Waals surface area (Å²) in [7, 11) is 0. The molecule has 0 saturated carbocycles. The highest BCUT2D eigenvalue weighted by Crippen LogP contribution is 2.19. The van der Waals surface area contributed by atoms with Gasteiger partial charge in [-0.15, -0.1) is 0 Å². The molecule has 1 aromatic carbocycles. The molecule has 1 fully saturated rings. The smallest absolute Gasteiger partial charge is 0.237 e. The van der Waals surface area contributed by atoms with Crippen molar-refractivity contribution >= 4 is 5.91 Å². The lowest BCUT2D eigenvalue weighted by molar-refractivity contribution is -0.137. The quantitative estimate of drug-likeness (QED) is 0.925. The van der Waals surface area contributed by atoms with Crippen LogP contribution in [0.4, 0.5) is 4.39 Å². The van der Waals surface area contributed by atoms with E-state index in [9.17, 15) is 14.3 Å². The molecular weight excluding hydrogens is 283 g/mol. The third-order valence-electron chi connectivity index (χ3n) is 3.95. The number of aliphatic hydroxyl groups excluding tert-OH is 1. The van der Waals surface area contributed by atoms with E-state index < -0.39 is 0 Å². The summed E-state index contributed by atoms with van der Waals surface area (Å²) in [6, 6.07) is 6.35. The van der Waals surface area contributed by atoms with Gasteiger partial charge in [0.05, 0.1) is 12.6 Å². The number of benzene rings is 1. The molecule has 0 spiro atoms. The van der Waals surface area contributed by atoms with E-state index in [0.29, 0.717) is 26.1 Å². The lowest BCUT2D eigenvalue weighted by atomic mass is 10.0. The van der Waals surface area contributed by atoms with Gasteiger partial charge in [-0.1, -0.05) is 12.1 Å². The number of nitrogens with zero attached hydrogens (tertiary/aromatic N) is 2. The van der Waals surface area contributed by atoms with Crippen molar-refractivity contribution in [1.29, 1.82) is 0 Å². The molecule has 0 bridgehead atoms. The van der Waals surface area contributed by atoms with Gasteiger partial charge in [-0.2, -0.15) is 0 Å². The highest BCUT2D eigenvalue weighted by molar-refractivity contribution is 5.79. The van der Waals surface area contributed by atoms with Gasteiger partial charge in [0.2, 0.25) is 5.91 Å². The minimum absolute atomic E-state index is 0.00543. The molecule has 1 aromatic rings. The second-order valence-electron chi connectivity index (χ2n) is 6.96. The van der Waals surface area contributed by atoms with E-state index in [1.54, 1.807) is 11.0 Å². The summed E-state index contributed by atoms with van der Waals surface area (Å²) in [5.74, 6) is -0.285. The van der Waals surface area contributed by atoms with Crippen LogP contribution in [0.25, 0.3) is 0 Å². The summed E-state index contributed by atoms with van der Waals surface area (Å²) in [4.78, 5) is 16.4. The zero-order valence-corrected chi connectivity index (χ0v) is 13.6. The Kier molecular flexibility index (Phi) is 5.19. The molecular formula is C17H25FN2O2. The van der Waals surface area contributed by atoms with Crippen LogP contribution in [0.5, 0.6) is 0 Å². The summed E-state index contributed by atoms with van der Waals surface area (Å²) in [5, 5.41) is 9.57. The van der Waals surface area contributed by atoms with Gasteiger partial charge >= 0.3 is 0 Å². The summed E-state index contributed by atoms with van der Waals surface area (Å²) >= 11 is 0. The highest BCUT2D eigenvalue weighted by atomic mass is 19.1. The molecule has 0 aromatic heterocycles. The SMILES string of the molecule is CC(C)(C)N(Cc1cccc(F)c1)C(=O)CN1CC[C@H](O)C1. The molecule has 4 nitrogen and oxygen atoms in total. The molecule has 0 radical (unpaired) electrons. The highest BCUT2D eigenvalue weighted by Gasteiger charge is 2.30. The number of hydrogen-bond donors (Lipinski definition) is 1. The molecule has 1 atom stereocenters. The number of rotatable bonds is 4. The largest absolute Gasteiger partial charge is 0.392 e. The first-order chi connectivity index (χ1) is 10.3. The van der Waals surface area contributed by atoms with E-state index in [0.717, 1.165) is 12.1 Å². The van der Waals surface area contributed by atoms with Crippen molar-refractivity contribution in [1.82, 2.24) is 9.80 Å². The monoisotopic (exact) mass is 308 g/mol. The van der Waals surface area contributed by atoms with Crippen molar-refractivity contribution in [2.24, 2.45) is 0 Å². The van der Waals surface area contributed by atoms with Crippen LogP contribution in [0, 0.1) is 5.82 Å². The molecule has 1 heterocycles. The molecule has 1 saturated heterocycles. The number of likely N-dealkylation sites (tertiary alicyclic amines) is 1. The van der Waals surface area contributed by atoms with Crippen LogP contribution in [-0.4, -0.2) is 52.1 Å². The summed E-state index contributed by atoms with van der Waals surface area (Å²) in [5.41, 5.74) is 0.437. The number of carbonyl (C=O) groups is 1. The Morgan fingerprint density at radius 1 is 1.45 bits per heavy atom. The zero-order chi connectivity index (χ0) is 16.3. The molecule has 122 valence electrons. The maximum absolute atomic E-state index is 13.3. The standard InChI is InChI=1S/C17H25FN2O2/c1-17(2,3)20(10-13-5-4-6-14(18)9-13)16(22)12-19-8-7-15(21)11-19/h4-6,9,15,21H,7-8,10-12H2,1-3H3/t15-/m0/s1.